The highest BCUT2D eigenvalue weighted by molar-refractivity contribution is 8.45. The predicted octanol–water partition coefficient (Wildman–Crippen LogP) is 9.46. The molecule has 0 amide bonds. The Hall–Kier alpha value is -2.57. The third kappa shape index (κ3) is 6.40. The van der Waals surface area contributed by atoms with Crippen molar-refractivity contribution in [3.63, 3.8) is 0 Å². The van der Waals surface area contributed by atoms with Crippen LogP contribution in [0.3, 0.4) is 0 Å². The minimum absolute atomic E-state index is 0.0843. The number of anilines is 2. The monoisotopic (exact) mass is 590 g/mol. The molecule has 2 nitrogen and oxygen atoms in total. The minimum Gasteiger partial charge on any atom is -0.332 e. The van der Waals surface area contributed by atoms with Crippen LogP contribution in [0.4, 0.5) is 74.7 Å². The van der Waals surface area contributed by atoms with Gasteiger partial charge >= 0.3 is 34.4 Å². The van der Waals surface area contributed by atoms with Gasteiger partial charge in [0.05, 0.1) is 0 Å². The zero-order valence-corrected chi connectivity index (χ0v) is 18.2. The van der Waals surface area contributed by atoms with Crippen molar-refractivity contribution in [2.45, 2.75) is 29.1 Å². The van der Waals surface area contributed by atoms with Gasteiger partial charge in [0, 0.05) is 22.5 Å². The fraction of sp³-hybridized carbons (Fsp3) is 0.235. The summed E-state index contributed by atoms with van der Waals surface area (Å²) in [4.78, 5) is -2.32. The highest BCUT2D eigenvalue weighted by atomic mass is 32.5. The van der Waals surface area contributed by atoms with Gasteiger partial charge in [-0.2, -0.15) is 43.9 Å². The summed E-state index contributed by atoms with van der Waals surface area (Å²) < 4.78 is 195. The molecular weight excluding hydrogens is 581 g/mol. The third-order valence-corrected chi connectivity index (χ3v) is 5.55. The van der Waals surface area contributed by atoms with Crippen molar-refractivity contribution in [2.75, 3.05) is 10.6 Å². The molecule has 0 unspecified atom stereocenters. The first-order chi connectivity index (χ1) is 15.6. The van der Waals surface area contributed by atoms with Crippen molar-refractivity contribution < 1.29 is 63.3 Å². The molecule has 0 fully saturated rings. The fourth-order valence-electron chi connectivity index (χ4n) is 2.48. The molecule has 2 N–H and O–H groups in total. The molecule has 0 bridgehead atoms. The molecule has 0 spiro atoms. The Labute approximate surface area is 196 Å². The number of alkyl halides is 10. The van der Waals surface area contributed by atoms with E-state index in [9.17, 15) is 63.3 Å². The molecule has 0 radical (unpaired) electrons. The van der Waals surface area contributed by atoms with Gasteiger partial charge in [-0.25, -0.2) is 0 Å². The van der Waals surface area contributed by atoms with Crippen LogP contribution in [-0.4, -0.2) is 17.5 Å². The van der Waals surface area contributed by atoms with Gasteiger partial charge in [0.25, 0.3) is 0 Å². The van der Waals surface area contributed by atoms with Gasteiger partial charge in [-0.15, -0.1) is 0 Å². The Bertz CT molecular complexity index is 1110. The van der Waals surface area contributed by atoms with Gasteiger partial charge in [0.1, 0.15) is 4.90 Å². The van der Waals surface area contributed by atoms with Crippen LogP contribution < -0.4 is 10.6 Å². The van der Waals surface area contributed by atoms with Crippen molar-refractivity contribution in [1.29, 1.82) is 0 Å². The van der Waals surface area contributed by atoms with Crippen LogP contribution in [0.1, 0.15) is 11.1 Å². The SMILES string of the molecule is FC(F)(F)C(F)(F)c1cc(NC(=S)Nc2ccc(S(F)(F)(F)(F)F)cc2)cc(C(F)(F)C(F)(F)F)c1. The molecule has 0 aliphatic carbocycles. The molecule has 204 valence electrons. The van der Waals surface area contributed by atoms with Gasteiger partial charge < -0.3 is 10.6 Å². The third-order valence-electron chi connectivity index (χ3n) is 4.19. The number of rotatable bonds is 5. The number of halogens is 15. The maximum atomic E-state index is 13.7. The Morgan fingerprint density at radius 1 is 0.583 bits per heavy atom. The van der Waals surface area contributed by atoms with Crippen molar-refractivity contribution in [1.82, 2.24) is 0 Å². The largest absolute Gasteiger partial charge is 0.458 e. The number of benzene rings is 2. The Morgan fingerprint density at radius 3 is 1.28 bits per heavy atom. The van der Waals surface area contributed by atoms with Crippen molar-refractivity contribution in [3.05, 3.63) is 53.6 Å². The van der Waals surface area contributed by atoms with E-state index >= 15 is 0 Å². The van der Waals surface area contributed by atoms with E-state index < -0.39 is 73.0 Å². The molecule has 0 aromatic heterocycles. The number of hydrogen-bond acceptors (Lipinski definition) is 1. The summed E-state index contributed by atoms with van der Waals surface area (Å²) in [7, 11) is -10.1. The summed E-state index contributed by atoms with van der Waals surface area (Å²) in [6, 6.07) is -0.361. The van der Waals surface area contributed by atoms with E-state index in [1.165, 1.54) is 0 Å². The first-order valence-corrected chi connectivity index (χ1v) is 11.0. The minimum atomic E-state index is -10.1. The zero-order chi connectivity index (χ0) is 28.2. The Balaban J connectivity index is 2.44. The van der Waals surface area contributed by atoms with E-state index in [0.717, 1.165) is 0 Å². The van der Waals surface area contributed by atoms with E-state index in [1.807, 2.05) is 5.32 Å². The zero-order valence-electron chi connectivity index (χ0n) is 16.5. The molecule has 0 heterocycles. The summed E-state index contributed by atoms with van der Waals surface area (Å²) in [6.45, 7) is 0. The van der Waals surface area contributed by atoms with Gasteiger partial charge in [-0.1, -0.05) is 19.4 Å². The van der Waals surface area contributed by atoms with E-state index in [0.29, 0.717) is 12.1 Å². The van der Waals surface area contributed by atoms with Crippen LogP contribution in [0.25, 0.3) is 0 Å². The molecule has 0 saturated carbocycles. The van der Waals surface area contributed by atoms with Crippen molar-refractivity contribution in [2.24, 2.45) is 0 Å². The van der Waals surface area contributed by atoms with Crippen molar-refractivity contribution in [3.8, 4) is 0 Å². The van der Waals surface area contributed by atoms with Gasteiger partial charge in [-0.05, 0) is 54.7 Å². The van der Waals surface area contributed by atoms with E-state index in [2.05, 4.69) is 12.2 Å². The molecule has 0 saturated heterocycles. The predicted molar refractivity (Wildman–Crippen MR) is 104 cm³/mol. The summed E-state index contributed by atoms with van der Waals surface area (Å²) in [6.07, 6.45) is -12.8. The standard InChI is InChI=1S/C17H9F15N2S2/c18-14(19,16(22,23)24)8-5-9(15(20,21)17(25,26)27)7-11(6-8)34-13(35)33-10-1-3-12(4-2-10)36(28,29,30,31)32/h1-7H,(H2,33,34,35). The number of thiocarbonyl (C=S) groups is 1. The van der Waals surface area contributed by atoms with Gasteiger partial charge in [0.2, 0.25) is 0 Å². The highest BCUT2D eigenvalue weighted by Gasteiger charge is 2.65. The highest BCUT2D eigenvalue weighted by Crippen LogP contribution is 3.02. The van der Waals surface area contributed by atoms with Crippen LogP contribution in [0, 0.1) is 0 Å². The first-order valence-electron chi connectivity index (χ1n) is 8.62. The number of hydrogen-bond donors (Lipinski definition) is 2. The molecule has 2 aromatic rings. The van der Waals surface area contributed by atoms with Crippen LogP contribution in [0.15, 0.2) is 47.4 Å². The first kappa shape index (κ1) is 29.7. The maximum absolute atomic E-state index is 13.7. The van der Waals surface area contributed by atoms with Crippen LogP contribution in [-0.2, 0) is 11.8 Å². The second-order valence-corrected chi connectivity index (χ2v) is 9.83. The summed E-state index contributed by atoms with van der Waals surface area (Å²) in [5.74, 6) is -11.8. The van der Waals surface area contributed by atoms with Crippen LogP contribution in [0.2, 0.25) is 0 Å². The van der Waals surface area contributed by atoms with Gasteiger partial charge in [0.15, 0.2) is 5.11 Å². The molecule has 0 aliphatic heterocycles. The molecule has 36 heavy (non-hydrogen) atoms. The summed E-state index contributed by atoms with van der Waals surface area (Å²) >= 11 is 4.58. The van der Waals surface area contributed by atoms with E-state index in [4.69, 9.17) is 0 Å². The summed E-state index contributed by atoms with van der Waals surface area (Å²) in [5.41, 5.74) is -6.35. The Kier molecular flexibility index (Phi) is 6.56. The smallest absolute Gasteiger partial charge is 0.332 e. The lowest BCUT2D eigenvalue weighted by Crippen LogP contribution is -2.36. The van der Waals surface area contributed by atoms with Crippen molar-refractivity contribution >= 4 is 38.9 Å². The maximum Gasteiger partial charge on any atom is 0.458 e. The van der Waals surface area contributed by atoms with E-state index in [-0.39, 0.29) is 24.3 Å². The van der Waals surface area contributed by atoms with E-state index in [1.54, 1.807) is 5.32 Å². The molecular formula is C17H9F15N2S2. The molecule has 2 rings (SSSR count). The second-order valence-electron chi connectivity index (χ2n) is 7.02. The Morgan fingerprint density at radius 2 is 0.944 bits per heavy atom. The topological polar surface area (TPSA) is 24.1 Å². The lowest BCUT2D eigenvalue weighted by atomic mass is 9.99. The van der Waals surface area contributed by atoms with Crippen LogP contribution >= 0.6 is 22.4 Å². The van der Waals surface area contributed by atoms with Crippen LogP contribution in [0.5, 0.6) is 0 Å². The quantitative estimate of drug-likeness (QED) is 0.268. The normalized spacial score (nSPS) is 15.6. The molecule has 19 heteroatoms. The average molecular weight is 590 g/mol. The fourth-order valence-corrected chi connectivity index (χ4v) is 3.36. The lowest BCUT2D eigenvalue weighted by Gasteiger charge is -2.40. The lowest BCUT2D eigenvalue weighted by molar-refractivity contribution is -0.292. The van der Waals surface area contributed by atoms with Gasteiger partial charge in [-0.3, -0.25) is 0 Å². The number of nitrogens with one attached hydrogen (secondary N) is 2. The average Bonchev–Trinajstić information content (AvgIpc) is 2.64. The molecule has 2 aromatic carbocycles. The summed E-state index contributed by atoms with van der Waals surface area (Å²) in [5, 5.41) is 2.79. The molecule has 0 aliphatic rings. The molecule has 0 atom stereocenters. The second kappa shape index (κ2) is 7.96.